The van der Waals surface area contributed by atoms with Crippen LogP contribution in [0.4, 0.5) is 0 Å². The van der Waals surface area contributed by atoms with Crippen LogP contribution in [0.5, 0.6) is 0 Å². The van der Waals surface area contributed by atoms with Gasteiger partial charge in [0.1, 0.15) is 0 Å². The number of hydrogen-bond donors (Lipinski definition) is 0. The molecule has 0 N–H and O–H groups in total. The lowest BCUT2D eigenvalue weighted by atomic mass is 9.77. The van der Waals surface area contributed by atoms with Gasteiger partial charge in [0.15, 0.2) is 0 Å². The van der Waals surface area contributed by atoms with E-state index in [4.69, 9.17) is 14.2 Å². The van der Waals surface area contributed by atoms with Crippen LogP contribution in [0.2, 0.25) is 0 Å². The summed E-state index contributed by atoms with van der Waals surface area (Å²) in [6.07, 6.45) is 11.9. The average molecular weight is 467 g/mol. The van der Waals surface area contributed by atoms with E-state index in [1.54, 1.807) is 0 Å². The van der Waals surface area contributed by atoms with Crippen LogP contribution in [-0.2, 0) is 28.6 Å². The Hall–Kier alpha value is -1.85. The second-order valence-corrected chi connectivity index (χ2v) is 10.2. The Bertz CT molecular complexity index is 612. The van der Waals surface area contributed by atoms with Crippen molar-refractivity contribution in [2.45, 2.75) is 110 Å². The molecule has 0 radical (unpaired) electrons. The summed E-state index contributed by atoms with van der Waals surface area (Å²) in [5.74, 6) is -1.07. The summed E-state index contributed by atoms with van der Waals surface area (Å²) < 4.78 is 16.4. The molecule has 1 fully saturated rings. The molecule has 0 aromatic carbocycles. The van der Waals surface area contributed by atoms with Gasteiger partial charge in [-0.25, -0.2) is 9.59 Å². The highest BCUT2D eigenvalue weighted by atomic mass is 16.6. The van der Waals surface area contributed by atoms with Crippen molar-refractivity contribution in [3.63, 3.8) is 0 Å². The molecule has 33 heavy (non-hydrogen) atoms. The Morgan fingerprint density at radius 3 is 2.18 bits per heavy atom. The molecule has 1 aliphatic carbocycles. The summed E-state index contributed by atoms with van der Waals surface area (Å²) in [6, 6.07) is 0. The van der Waals surface area contributed by atoms with E-state index < -0.39 is 23.5 Å². The second-order valence-electron chi connectivity index (χ2n) is 10.2. The van der Waals surface area contributed by atoms with Crippen molar-refractivity contribution in [2.24, 2.45) is 17.8 Å². The zero-order valence-corrected chi connectivity index (χ0v) is 21.4. The maximum Gasteiger partial charge on any atom is 0.350 e. The van der Waals surface area contributed by atoms with Gasteiger partial charge in [-0.05, 0) is 37.5 Å². The fourth-order valence-electron chi connectivity index (χ4n) is 4.19. The molecule has 0 amide bonds. The van der Waals surface area contributed by atoms with E-state index in [1.165, 1.54) is 32.1 Å². The van der Waals surface area contributed by atoms with E-state index in [9.17, 15) is 14.4 Å². The number of esters is 3. The summed E-state index contributed by atoms with van der Waals surface area (Å²) in [6.45, 7) is 12.5. The van der Waals surface area contributed by atoms with E-state index in [0.717, 1.165) is 31.3 Å². The van der Waals surface area contributed by atoms with E-state index in [1.807, 2.05) is 13.8 Å². The van der Waals surface area contributed by atoms with Crippen LogP contribution < -0.4 is 0 Å². The summed E-state index contributed by atoms with van der Waals surface area (Å²) >= 11 is 0. The number of rotatable bonds is 16. The van der Waals surface area contributed by atoms with Gasteiger partial charge < -0.3 is 14.2 Å². The summed E-state index contributed by atoms with van der Waals surface area (Å²) in [5, 5.41) is 0. The van der Waals surface area contributed by atoms with Crippen molar-refractivity contribution in [3.05, 3.63) is 12.7 Å². The standard InChI is InChI=1S/C27H46O6/c1-6-24(28)33-27(17-14-16-23(19-27)25(29)32-20-22(4)5)26(30)31-18-13-11-9-7-8-10-12-15-21(2)3/h6,21-23H,1,7-20H2,2-5H3. The molecule has 0 saturated heterocycles. The first kappa shape index (κ1) is 29.2. The molecule has 1 saturated carbocycles. The van der Waals surface area contributed by atoms with Gasteiger partial charge in [0.05, 0.1) is 19.1 Å². The van der Waals surface area contributed by atoms with Gasteiger partial charge in [0.2, 0.25) is 5.60 Å². The molecule has 6 nitrogen and oxygen atoms in total. The Morgan fingerprint density at radius 2 is 1.58 bits per heavy atom. The fraction of sp³-hybridized carbons (Fsp3) is 0.815. The smallest absolute Gasteiger partial charge is 0.350 e. The van der Waals surface area contributed by atoms with E-state index in [2.05, 4.69) is 20.4 Å². The van der Waals surface area contributed by atoms with Gasteiger partial charge in [-0.3, -0.25) is 4.79 Å². The molecule has 190 valence electrons. The summed E-state index contributed by atoms with van der Waals surface area (Å²) in [5.41, 5.74) is -1.44. The lowest BCUT2D eigenvalue weighted by Gasteiger charge is -2.37. The highest BCUT2D eigenvalue weighted by molar-refractivity contribution is 5.88. The van der Waals surface area contributed by atoms with Crippen LogP contribution in [0, 0.1) is 17.8 Å². The molecule has 1 rings (SSSR count). The molecular weight excluding hydrogens is 420 g/mol. The third-order valence-electron chi connectivity index (χ3n) is 6.10. The highest BCUT2D eigenvalue weighted by Gasteiger charge is 2.49. The molecule has 0 bridgehead atoms. The van der Waals surface area contributed by atoms with Crippen LogP contribution in [0.1, 0.15) is 105 Å². The topological polar surface area (TPSA) is 78.9 Å². The van der Waals surface area contributed by atoms with E-state index in [0.29, 0.717) is 32.5 Å². The predicted molar refractivity (Wildman–Crippen MR) is 130 cm³/mol. The molecular formula is C27H46O6. The Labute approximate surface area is 200 Å². The van der Waals surface area contributed by atoms with Crippen molar-refractivity contribution in [2.75, 3.05) is 13.2 Å². The average Bonchev–Trinajstić information content (AvgIpc) is 2.78. The monoisotopic (exact) mass is 466 g/mol. The van der Waals surface area contributed by atoms with Gasteiger partial charge in [-0.15, -0.1) is 0 Å². The first-order valence-electron chi connectivity index (χ1n) is 12.9. The predicted octanol–water partition coefficient (Wildman–Crippen LogP) is 6.16. The lowest BCUT2D eigenvalue weighted by molar-refractivity contribution is -0.188. The number of hydrogen-bond acceptors (Lipinski definition) is 6. The molecule has 0 aliphatic heterocycles. The molecule has 0 heterocycles. The minimum Gasteiger partial charge on any atom is -0.465 e. The Morgan fingerprint density at radius 1 is 0.939 bits per heavy atom. The van der Waals surface area contributed by atoms with Crippen LogP contribution in [-0.4, -0.2) is 36.7 Å². The van der Waals surface area contributed by atoms with Crippen molar-refractivity contribution >= 4 is 17.9 Å². The summed E-state index contributed by atoms with van der Waals surface area (Å²) in [7, 11) is 0. The Balaban J connectivity index is 2.49. The molecule has 2 atom stereocenters. The largest absolute Gasteiger partial charge is 0.465 e. The van der Waals surface area contributed by atoms with Crippen molar-refractivity contribution in [1.82, 2.24) is 0 Å². The zero-order valence-electron chi connectivity index (χ0n) is 21.4. The molecule has 2 unspecified atom stereocenters. The molecule has 1 aliphatic rings. The van der Waals surface area contributed by atoms with E-state index >= 15 is 0 Å². The van der Waals surface area contributed by atoms with Gasteiger partial charge in [0.25, 0.3) is 0 Å². The number of carbonyl (C=O) groups excluding carboxylic acids is 3. The SMILES string of the molecule is C=CC(=O)OC1(C(=O)OCCCCCCCCCC(C)C)CCCC(C(=O)OCC(C)C)C1. The van der Waals surface area contributed by atoms with Crippen molar-refractivity contribution < 1.29 is 28.6 Å². The Kier molecular flexibility index (Phi) is 14.1. The molecule has 6 heteroatoms. The first-order valence-corrected chi connectivity index (χ1v) is 12.9. The molecule has 0 aromatic rings. The molecule has 0 aromatic heterocycles. The maximum atomic E-state index is 13.0. The normalized spacial score (nSPS) is 20.5. The fourth-order valence-corrected chi connectivity index (χ4v) is 4.19. The molecule has 0 spiro atoms. The van der Waals surface area contributed by atoms with Crippen LogP contribution in [0.25, 0.3) is 0 Å². The minimum atomic E-state index is -1.44. The van der Waals surface area contributed by atoms with Gasteiger partial charge in [-0.2, -0.15) is 0 Å². The van der Waals surface area contributed by atoms with Crippen molar-refractivity contribution in [1.29, 1.82) is 0 Å². The summed E-state index contributed by atoms with van der Waals surface area (Å²) in [4.78, 5) is 37.5. The third-order valence-corrected chi connectivity index (χ3v) is 6.10. The maximum absolute atomic E-state index is 13.0. The second kappa shape index (κ2) is 15.9. The number of carbonyl (C=O) groups is 3. The van der Waals surface area contributed by atoms with Crippen LogP contribution in [0.3, 0.4) is 0 Å². The number of ether oxygens (including phenoxy) is 3. The van der Waals surface area contributed by atoms with Crippen LogP contribution in [0.15, 0.2) is 12.7 Å². The third kappa shape index (κ3) is 11.7. The number of unbranched alkanes of at least 4 members (excludes halogenated alkanes) is 6. The minimum absolute atomic E-state index is 0.0960. The van der Waals surface area contributed by atoms with E-state index in [-0.39, 0.29) is 18.3 Å². The quantitative estimate of drug-likeness (QED) is 0.117. The first-order chi connectivity index (χ1) is 15.7. The van der Waals surface area contributed by atoms with Gasteiger partial charge in [-0.1, -0.05) is 79.2 Å². The van der Waals surface area contributed by atoms with Crippen LogP contribution >= 0.6 is 0 Å². The lowest BCUT2D eigenvalue weighted by Crippen LogP contribution is -2.49. The van der Waals surface area contributed by atoms with Gasteiger partial charge in [0, 0.05) is 12.5 Å². The van der Waals surface area contributed by atoms with Crippen molar-refractivity contribution in [3.8, 4) is 0 Å². The highest BCUT2D eigenvalue weighted by Crippen LogP contribution is 2.37. The zero-order chi connectivity index (χ0) is 24.7. The van der Waals surface area contributed by atoms with Gasteiger partial charge >= 0.3 is 17.9 Å².